The van der Waals surface area contributed by atoms with Gasteiger partial charge in [-0.15, -0.1) is 11.3 Å². The maximum atomic E-state index is 12.4. The van der Waals surface area contributed by atoms with E-state index in [0.717, 1.165) is 4.88 Å². The third kappa shape index (κ3) is 3.93. The summed E-state index contributed by atoms with van der Waals surface area (Å²) in [4.78, 5) is 25.5. The first-order valence-electron chi connectivity index (χ1n) is 7.24. The summed E-state index contributed by atoms with van der Waals surface area (Å²) in [6.45, 7) is 0. The van der Waals surface area contributed by atoms with E-state index in [9.17, 15) is 9.59 Å². The Kier molecular flexibility index (Phi) is 4.64. The van der Waals surface area contributed by atoms with E-state index in [1.807, 2.05) is 35.7 Å². The van der Waals surface area contributed by atoms with Gasteiger partial charge < -0.3 is 5.32 Å². The molecule has 0 spiro atoms. The highest BCUT2D eigenvalue weighted by atomic mass is 32.1. The summed E-state index contributed by atoms with van der Waals surface area (Å²) >= 11 is 1.55. The summed E-state index contributed by atoms with van der Waals surface area (Å²) < 4.78 is 0. The van der Waals surface area contributed by atoms with Crippen LogP contribution in [-0.4, -0.2) is 11.7 Å². The van der Waals surface area contributed by atoms with Crippen molar-refractivity contribution < 1.29 is 9.59 Å². The zero-order valence-corrected chi connectivity index (χ0v) is 13.2. The zero-order valence-electron chi connectivity index (χ0n) is 12.4. The number of nitrogens with one attached hydrogen (secondary N) is 1. The largest absolute Gasteiger partial charge is 0.326 e. The number of hydrogen-bond acceptors (Lipinski definition) is 3. The molecule has 0 aliphatic rings. The molecule has 2 aromatic carbocycles. The Morgan fingerprint density at radius 3 is 2.39 bits per heavy atom. The SMILES string of the molecule is O=C(Cc1cccs1)Nc1cccc(C(=O)c2ccccc2)c1. The Labute approximate surface area is 138 Å². The maximum absolute atomic E-state index is 12.4. The Morgan fingerprint density at radius 1 is 0.870 bits per heavy atom. The summed E-state index contributed by atoms with van der Waals surface area (Å²) in [6, 6.07) is 20.0. The van der Waals surface area contributed by atoms with Crippen LogP contribution in [-0.2, 0) is 11.2 Å². The van der Waals surface area contributed by atoms with Crippen molar-refractivity contribution in [3.63, 3.8) is 0 Å². The van der Waals surface area contributed by atoms with E-state index in [1.165, 1.54) is 0 Å². The van der Waals surface area contributed by atoms with E-state index in [2.05, 4.69) is 5.32 Å². The van der Waals surface area contributed by atoms with E-state index >= 15 is 0 Å². The fourth-order valence-corrected chi connectivity index (χ4v) is 2.97. The lowest BCUT2D eigenvalue weighted by molar-refractivity contribution is -0.115. The molecule has 3 nitrogen and oxygen atoms in total. The van der Waals surface area contributed by atoms with Crippen LogP contribution in [0.3, 0.4) is 0 Å². The number of hydrogen-bond donors (Lipinski definition) is 1. The standard InChI is InChI=1S/C19H15NO2S/c21-18(13-17-10-5-11-23-17)20-16-9-4-8-15(12-16)19(22)14-6-2-1-3-7-14/h1-12H,13H2,(H,20,21). The van der Waals surface area contributed by atoms with Gasteiger partial charge in [-0.2, -0.15) is 0 Å². The van der Waals surface area contributed by atoms with E-state index in [1.54, 1.807) is 47.7 Å². The number of carbonyl (C=O) groups excluding carboxylic acids is 2. The molecule has 1 amide bonds. The number of carbonyl (C=O) groups is 2. The van der Waals surface area contributed by atoms with Crippen LogP contribution in [0, 0.1) is 0 Å². The van der Waals surface area contributed by atoms with Gasteiger partial charge in [0.05, 0.1) is 6.42 Å². The van der Waals surface area contributed by atoms with E-state index < -0.39 is 0 Å². The number of rotatable bonds is 5. The number of benzene rings is 2. The second-order valence-electron chi connectivity index (χ2n) is 5.08. The van der Waals surface area contributed by atoms with Gasteiger partial charge in [0, 0.05) is 21.7 Å². The van der Waals surface area contributed by atoms with Crippen molar-refractivity contribution in [2.45, 2.75) is 6.42 Å². The van der Waals surface area contributed by atoms with Gasteiger partial charge in [0.15, 0.2) is 5.78 Å². The van der Waals surface area contributed by atoms with Crippen LogP contribution in [0.25, 0.3) is 0 Å². The topological polar surface area (TPSA) is 46.2 Å². The quantitative estimate of drug-likeness (QED) is 0.717. The lowest BCUT2D eigenvalue weighted by atomic mass is 10.0. The Hall–Kier alpha value is -2.72. The molecule has 1 heterocycles. The van der Waals surface area contributed by atoms with Crippen LogP contribution >= 0.6 is 11.3 Å². The minimum absolute atomic E-state index is 0.0556. The van der Waals surface area contributed by atoms with Gasteiger partial charge in [-0.05, 0) is 23.6 Å². The highest BCUT2D eigenvalue weighted by Crippen LogP contribution is 2.16. The molecular weight excluding hydrogens is 306 g/mol. The Bertz CT molecular complexity index is 810. The maximum Gasteiger partial charge on any atom is 0.229 e. The minimum Gasteiger partial charge on any atom is -0.326 e. The molecule has 1 aromatic heterocycles. The molecule has 4 heteroatoms. The molecule has 23 heavy (non-hydrogen) atoms. The molecule has 0 radical (unpaired) electrons. The first kappa shape index (κ1) is 15.2. The zero-order chi connectivity index (χ0) is 16.1. The van der Waals surface area contributed by atoms with Gasteiger partial charge in [0.2, 0.25) is 5.91 Å². The van der Waals surface area contributed by atoms with Crippen molar-refractivity contribution >= 4 is 28.7 Å². The highest BCUT2D eigenvalue weighted by molar-refractivity contribution is 7.10. The number of amides is 1. The van der Waals surface area contributed by atoms with Crippen LogP contribution in [0.4, 0.5) is 5.69 Å². The van der Waals surface area contributed by atoms with Gasteiger partial charge in [0.25, 0.3) is 0 Å². The molecule has 3 aromatic rings. The van der Waals surface area contributed by atoms with Crippen molar-refractivity contribution in [1.29, 1.82) is 0 Å². The normalized spacial score (nSPS) is 10.3. The molecule has 0 aliphatic heterocycles. The predicted octanol–water partition coefficient (Wildman–Crippen LogP) is 4.16. The third-order valence-electron chi connectivity index (χ3n) is 3.36. The summed E-state index contributed by atoms with van der Waals surface area (Å²) in [5, 5.41) is 4.79. The molecule has 0 saturated carbocycles. The van der Waals surface area contributed by atoms with E-state index in [4.69, 9.17) is 0 Å². The molecule has 0 fully saturated rings. The van der Waals surface area contributed by atoms with Crippen LogP contribution in [0.15, 0.2) is 72.1 Å². The number of ketones is 1. The van der Waals surface area contributed by atoms with Crippen LogP contribution < -0.4 is 5.32 Å². The second kappa shape index (κ2) is 7.03. The summed E-state index contributed by atoms with van der Waals surface area (Å²) in [5.41, 5.74) is 1.83. The first-order valence-corrected chi connectivity index (χ1v) is 8.12. The van der Waals surface area contributed by atoms with Gasteiger partial charge in [-0.25, -0.2) is 0 Å². The van der Waals surface area contributed by atoms with Crippen LogP contribution in [0.2, 0.25) is 0 Å². The van der Waals surface area contributed by atoms with Gasteiger partial charge in [-0.1, -0.05) is 48.5 Å². The minimum atomic E-state index is -0.0863. The fourth-order valence-electron chi connectivity index (χ4n) is 2.27. The second-order valence-corrected chi connectivity index (χ2v) is 6.11. The molecule has 0 unspecified atom stereocenters. The van der Waals surface area contributed by atoms with Gasteiger partial charge in [-0.3, -0.25) is 9.59 Å². The highest BCUT2D eigenvalue weighted by Gasteiger charge is 2.10. The molecule has 0 aliphatic carbocycles. The van der Waals surface area contributed by atoms with Crippen molar-refractivity contribution in [3.05, 3.63) is 88.1 Å². The van der Waals surface area contributed by atoms with E-state index in [0.29, 0.717) is 23.2 Å². The van der Waals surface area contributed by atoms with Crippen LogP contribution in [0.5, 0.6) is 0 Å². The molecule has 114 valence electrons. The molecule has 0 atom stereocenters. The molecule has 3 rings (SSSR count). The van der Waals surface area contributed by atoms with Crippen molar-refractivity contribution in [1.82, 2.24) is 0 Å². The van der Waals surface area contributed by atoms with E-state index in [-0.39, 0.29) is 11.7 Å². The smallest absolute Gasteiger partial charge is 0.229 e. The Balaban J connectivity index is 1.72. The lowest BCUT2D eigenvalue weighted by Gasteiger charge is -2.07. The van der Waals surface area contributed by atoms with Crippen molar-refractivity contribution in [2.75, 3.05) is 5.32 Å². The summed E-state index contributed by atoms with van der Waals surface area (Å²) in [7, 11) is 0. The Morgan fingerprint density at radius 2 is 1.65 bits per heavy atom. The third-order valence-corrected chi connectivity index (χ3v) is 4.24. The van der Waals surface area contributed by atoms with Crippen LogP contribution in [0.1, 0.15) is 20.8 Å². The molecular formula is C19H15NO2S. The predicted molar refractivity (Wildman–Crippen MR) is 93.0 cm³/mol. The summed E-state index contributed by atoms with van der Waals surface area (Å²) in [5.74, 6) is -0.142. The average Bonchev–Trinajstić information content (AvgIpc) is 3.08. The van der Waals surface area contributed by atoms with Crippen molar-refractivity contribution in [3.8, 4) is 0 Å². The van der Waals surface area contributed by atoms with Gasteiger partial charge in [0.1, 0.15) is 0 Å². The average molecular weight is 321 g/mol. The molecule has 0 saturated heterocycles. The van der Waals surface area contributed by atoms with Gasteiger partial charge >= 0.3 is 0 Å². The number of thiophene rings is 1. The molecule has 0 bridgehead atoms. The first-order chi connectivity index (χ1) is 11.2. The number of anilines is 1. The molecule has 1 N–H and O–H groups in total. The fraction of sp³-hybridized carbons (Fsp3) is 0.0526. The van der Waals surface area contributed by atoms with Crippen molar-refractivity contribution in [2.24, 2.45) is 0 Å². The lowest BCUT2D eigenvalue weighted by Crippen LogP contribution is -2.14. The monoisotopic (exact) mass is 321 g/mol. The summed E-state index contributed by atoms with van der Waals surface area (Å²) in [6.07, 6.45) is 0.342.